The minimum absolute atomic E-state index is 0.751. The first-order valence-corrected chi connectivity index (χ1v) is 17.9. The van der Waals surface area contributed by atoms with Crippen molar-refractivity contribution in [2.45, 2.75) is 0 Å². The van der Waals surface area contributed by atoms with Crippen LogP contribution in [0, 0.1) is 0 Å². The number of hydrogen-bond acceptors (Lipinski definition) is 3. The fourth-order valence-electron chi connectivity index (χ4n) is 7.72. The highest BCUT2D eigenvalue weighted by Crippen LogP contribution is 2.48. The Kier molecular flexibility index (Phi) is 7.47. The topological polar surface area (TPSA) is 35.0 Å². The molecule has 0 amide bonds. The summed E-state index contributed by atoms with van der Waals surface area (Å²) in [4.78, 5) is 9.35. The van der Waals surface area contributed by atoms with Crippen LogP contribution in [0.3, 0.4) is 0 Å². The van der Waals surface area contributed by atoms with Crippen LogP contribution in [0.4, 0.5) is 0 Å². The molecule has 2 aromatic heterocycles. The second-order valence-corrected chi connectivity index (χ2v) is 13.4. The highest BCUT2D eigenvalue weighted by Gasteiger charge is 2.22. The third-order valence-electron chi connectivity index (χ3n) is 10.2. The van der Waals surface area contributed by atoms with E-state index >= 15 is 0 Å². The Balaban J connectivity index is 1.02. The molecule has 53 heavy (non-hydrogen) atoms. The zero-order chi connectivity index (χ0) is 35.1. The first kappa shape index (κ1) is 30.7. The van der Waals surface area contributed by atoms with Crippen LogP contribution in [0.1, 0.15) is 0 Å². The molecule has 0 atom stereocenters. The van der Waals surface area contributed by atoms with Crippen molar-refractivity contribution < 1.29 is 4.74 Å². The summed E-state index contributed by atoms with van der Waals surface area (Å²) in [6.45, 7) is 0. The molecule has 0 aliphatic heterocycles. The molecule has 1 aliphatic carbocycles. The molecule has 1 aliphatic rings. The number of aromatic nitrogens is 2. The summed E-state index contributed by atoms with van der Waals surface area (Å²) in [6, 6.07) is 64.2. The molecule has 0 unspecified atom stereocenters. The van der Waals surface area contributed by atoms with E-state index in [0.717, 1.165) is 50.3 Å². The molecule has 0 radical (unpaired) electrons. The molecule has 7 aromatic carbocycles. The average molecular weight is 677 g/mol. The quantitative estimate of drug-likeness (QED) is 0.182. The summed E-state index contributed by atoms with van der Waals surface area (Å²) in [7, 11) is 0. The average Bonchev–Trinajstić information content (AvgIpc) is 3.23. The van der Waals surface area contributed by atoms with E-state index in [0.29, 0.717) is 0 Å². The highest BCUT2D eigenvalue weighted by atomic mass is 16.5. The maximum Gasteiger partial charge on any atom is 0.128 e. The fraction of sp³-hybridized carbons (Fsp3) is 0. The number of rotatable bonds is 5. The van der Waals surface area contributed by atoms with E-state index in [-0.39, 0.29) is 0 Å². The van der Waals surface area contributed by atoms with Gasteiger partial charge in [-0.05, 0) is 116 Å². The van der Waals surface area contributed by atoms with Gasteiger partial charge in [-0.1, -0.05) is 127 Å². The van der Waals surface area contributed by atoms with Gasteiger partial charge in [-0.15, -0.1) is 0 Å². The monoisotopic (exact) mass is 676 g/mol. The maximum atomic E-state index is 6.36. The van der Waals surface area contributed by atoms with E-state index in [1.54, 1.807) is 6.20 Å². The first-order valence-electron chi connectivity index (χ1n) is 17.9. The molecule has 0 saturated heterocycles. The number of nitrogens with zero attached hydrogens (tertiary/aromatic N) is 2. The van der Waals surface area contributed by atoms with Crippen molar-refractivity contribution in [3.05, 3.63) is 194 Å². The molecule has 3 heteroatoms. The van der Waals surface area contributed by atoms with Gasteiger partial charge in [0.1, 0.15) is 11.5 Å². The summed E-state index contributed by atoms with van der Waals surface area (Å²) >= 11 is 0. The third-order valence-corrected chi connectivity index (χ3v) is 10.2. The van der Waals surface area contributed by atoms with Gasteiger partial charge in [0, 0.05) is 28.9 Å². The van der Waals surface area contributed by atoms with Gasteiger partial charge in [0.2, 0.25) is 0 Å². The van der Waals surface area contributed by atoms with Crippen molar-refractivity contribution >= 4 is 10.8 Å². The van der Waals surface area contributed by atoms with Crippen molar-refractivity contribution in [1.29, 1.82) is 0 Å². The fourth-order valence-corrected chi connectivity index (χ4v) is 7.72. The van der Waals surface area contributed by atoms with E-state index in [2.05, 4.69) is 132 Å². The summed E-state index contributed by atoms with van der Waals surface area (Å²) in [5, 5.41) is 2.22. The van der Waals surface area contributed by atoms with Crippen LogP contribution in [-0.4, -0.2) is 9.97 Å². The van der Waals surface area contributed by atoms with Crippen LogP contribution in [-0.2, 0) is 0 Å². The predicted molar refractivity (Wildman–Crippen MR) is 218 cm³/mol. The number of benzene rings is 7. The molecule has 10 rings (SSSR count). The van der Waals surface area contributed by atoms with Crippen molar-refractivity contribution in [3.63, 3.8) is 0 Å². The Labute approximate surface area is 308 Å². The molecular formula is C50H32N2O. The Hall–Kier alpha value is -7.10. The van der Waals surface area contributed by atoms with Crippen LogP contribution in [0.5, 0.6) is 11.5 Å². The van der Waals surface area contributed by atoms with Crippen molar-refractivity contribution in [2.75, 3.05) is 0 Å². The number of fused-ring (bicyclic) bond motifs is 9. The number of ether oxygens (including phenoxy) is 1. The molecule has 0 spiro atoms. The maximum absolute atomic E-state index is 6.36. The lowest BCUT2D eigenvalue weighted by atomic mass is 9.80. The van der Waals surface area contributed by atoms with Crippen LogP contribution >= 0.6 is 0 Å². The van der Waals surface area contributed by atoms with Crippen LogP contribution < -0.4 is 4.74 Å². The van der Waals surface area contributed by atoms with Gasteiger partial charge < -0.3 is 4.74 Å². The Morgan fingerprint density at radius 2 is 0.868 bits per heavy atom. The molecule has 0 bridgehead atoms. The van der Waals surface area contributed by atoms with Gasteiger partial charge in [-0.3, -0.25) is 9.97 Å². The lowest BCUT2D eigenvalue weighted by Gasteiger charge is -2.23. The van der Waals surface area contributed by atoms with Gasteiger partial charge in [-0.2, -0.15) is 0 Å². The first-order chi connectivity index (χ1) is 26.3. The zero-order valence-electron chi connectivity index (χ0n) is 28.8. The standard InChI is InChI=1S/C50H32N2O/c1-2-16-42-41(15-1)43-17-3-4-19-45(43)47-25-23-34(32-48(47)46-20-6-5-18-44(42)46)33-22-24-40-35(29-33)26-28-52-50(40)37-12-10-14-39(31-37)53-38-13-9-11-36(30-38)49-21-7-8-27-51-49/h1-32H. The third kappa shape index (κ3) is 5.56. The van der Waals surface area contributed by atoms with E-state index in [4.69, 9.17) is 9.72 Å². The Bertz CT molecular complexity index is 2820. The van der Waals surface area contributed by atoms with Gasteiger partial charge in [0.15, 0.2) is 0 Å². The lowest BCUT2D eigenvalue weighted by Crippen LogP contribution is -1.97. The van der Waals surface area contributed by atoms with Gasteiger partial charge in [0.25, 0.3) is 0 Å². The number of hydrogen-bond donors (Lipinski definition) is 0. The van der Waals surface area contributed by atoms with Crippen molar-refractivity contribution in [3.8, 4) is 89.6 Å². The van der Waals surface area contributed by atoms with Gasteiger partial charge >= 0.3 is 0 Å². The van der Waals surface area contributed by atoms with Crippen molar-refractivity contribution in [1.82, 2.24) is 9.97 Å². The van der Waals surface area contributed by atoms with E-state index < -0.39 is 0 Å². The second-order valence-electron chi connectivity index (χ2n) is 13.4. The van der Waals surface area contributed by atoms with Crippen LogP contribution in [0.15, 0.2) is 194 Å². The molecule has 2 heterocycles. The second kappa shape index (κ2) is 12.9. The molecule has 0 N–H and O–H groups in total. The van der Waals surface area contributed by atoms with Gasteiger partial charge in [0.05, 0.1) is 11.4 Å². The largest absolute Gasteiger partial charge is 0.457 e. The Morgan fingerprint density at radius 3 is 1.51 bits per heavy atom. The minimum Gasteiger partial charge on any atom is -0.457 e. The minimum atomic E-state index is 0.751. The van der Waals surface area contributed by atoms with Gasteiger partial charge in [-0.25, -0.2) is 0 Å². The normalized spacial score (nSPS) is 11.4. The molecule has 9 aromatic rings. The van der Waals surface area contributed by atoms with E-state index in [9.17, 15) is 0 Å². The molecule has 3 nitrogen and oxygen atoms in total. The SMILES string of the molecule is c1ccc(-c2cccc(Oc3cccc(-c4nccc5cc(-c6ccc7c(c6)-c6ccccc6-c6ccccc6-c6ccccc6-7)ccc45)c3)c2)nc1. The smallest absolute Gasteiger partial charge is 0.128 e. The zero-order valence-corrected chi connectivity index (χ0v) is 28.8. The predicted octanol–water partition coefficient (Wildman–Crippen LogP) is 13.4. The van der Waals surface area contributed by atoms with Crippen molar-refractivity contribution in [2.24, 2.45) is 0 Å². The molecule has 0 saturated carbocycles. The molecular weight excluding hydrogens is 645 g/mol. The summed E-state index contributed by atoms with van der Waals surface area (Å²) < 4.78 is 6.36. The summed E-state index contributed by atoms with van der Waals surface area (Å²) in [5.41, 5.74) is 16.2. The van der Waals surface area contributed by atoms with Crippen LogP contribution in [0.2, 0.25) is 0 Å². The molecule has 248 valence electrons. The van der Waals surface area contributed by atoms with E-state index in [1.807, 2.05) is 60.8 Å². The van der Waals surface area contributed by atoms with E-state index in [1.165, 1.54) is 50.1 Å². The summed E-state index contributed by atoms with van der Waals surface area (Å²) in [5.74, 6) is 1.51. The summed E-state index contributed by atoms with van der Waals surface area (Å²) in [6.07, 6.45) is 3.70. The molecule has 0 fully saturated rings. The Morgan fingerprint density at radius 1 is 0.321 bits per heavy atom. The lowest BCUT2D eigenvalue weighted by molar-refractivity contribution is 0.483. The number of pyridine rings is 2. The van der Waals surface area contributed by atoms with Crippen LogP contribution in [0.25, 0.3) is 88.9 Å². The highest BCUT2D eigenvalue weighted by molar-refractivity contribution is 6.04.